The summed E-state index contributed by atoms with van der Waals surface area (Å²) in [5, 5.41) is 0.904. The number of halogens is 2. The molecule has 0 saturated carbocycles. The molecule has 4 nitrogen and oxygen atoms in total. The first kappa shape index (κ1) is 14.0. The molecule has 0 radical (unpaired) electrons. The second kappa shape index (κ2) is 6.24. The van der Waals surface area contributed by atoms with E-state index in [0.29, 0.717) is 24.2 Å². The third kappa shape index (κ3) is 3.05. The van der Waals surface area contributed by atoms with E-state index in [9.17, 15) is 0 Å². The Kier molecular flexibility index (Phi) is 4.38. The molecule has 1 aliphatic heterocycles. The Morgan fingerprint density at radius 1 is 1.40 bits per heavy atom. The first-order valence-corrected chi connectivity index (χ1v) is 7.81. The van der Waals surface area contributed by atoms with E-state index in [1.165, 1.54) is 0 Å². The Balaban J connectivity index is 1.90. The van der Waals surface area contributed by atoms with Crippen LogP contribution in [0.4, 0.5) is 0 Å². The molecule has 1 aliphatic rings. The highest BCUT2D eigenvalue weighted by molar-refractivity contribution is 9.10. The first-order valence-electron chi connectivity index (χ1n) is 6.49. The predicted octanol–water partition coefficient (Wildman–Crippen LogP) is 3.55. The van der Waals surface area contributed by atoms with E-state index >= 15 is 0 Å². The molecule has 3 rings (SSSR count). The van der Waals surface area contributed by atoms with Crippen LogP contribution >= 0.6 is 27.5 Å². The summed E-state index contributed by atoms with van der Waals surface area (Å²) in [5.41, 5.74) is 0.836. The minimum atomic E-state index is 0.269. The highest BCUT2D eigenvalue weighted by Gasteiger charge is 2.17. The van der Waals surface area contributed by atoms with Gasteiger partial charge in [0, 0.05) is 17.0 Å². The lowest BCUT2D eigenvalue weighted by Gasteiger charge is -2.12. The monoisotopic (exact) mass is 356 g/mol. The number of rotatable bonds is 4. The second-order valence-electron chi connectivity index (χ2n) is 4.78. The zero-order valence-corrected chi connectivity index (χ0v) is 13.2. The topological polar surface area (TPSA) is 44.2 Å². The normalized spacial score (nSPS) is 18.6. The number of hydrogen-bond acceptors (Lipinski definition) is 4. The molecule has 0 bridgehead atoms. The van der Waals surface area contributed by atoms with Crippen LogP contribution < -0.4 is 4.74 Å². The highest BCUT2D eigenvalue weighted by Crippen LogP contribution is 2.26. The van der Waals surface area contributed by atoms with Gasteiger partial charge in [-0.3, -0.25) is 0 Å². The summed E-state index contributed by atoms with van der Waals surface area (Å²) in [6.07, 6.45) is 1.04. The Morgan fingerprint density at radius 3 is 3.05 bits per heavy atom. The molecule has 1 unspecified atom stereocenters. The van der Waals surface area contributed by atoms with E-state index in [0.717, 1.165) is 35.0 Å². The average molecular weight is 358 g/mol. The van der Waals surface area contributed by atoms with E-state index in [2.05, 4.69) is 25.9 Å². The molecule has 106 valence electrons. The standard InChI is InChI=1S/C14H14BrClN2O2/c15-10-1-2-11-12(5-10)17-13(6-16)18-14(11)20-8-9-3-4-19-7-9/h1-2,5,9H,3-4,6-8H2. The van der Waals surface area contributed by atoms with Gasteiger partial charge in [-0.05, 0) is 24.6 Å². The number of ether oxygens (including phenoxy) is 2. The quantitative estimate of drug-likeness (QED) is 0.785. The van der Waals surface area contributed by atoms with Gasteiger partial charge in [0.15, 0.2) is 0 Å². The number of alkyl halides is 1. The molecule has 0 spiro atoms. The molecular weight excluding hydrogens is 344 g/mol. The van der Waals surface area contributed by atoms with Crippen molar-refractivity contribution in [3.63, 3.8) is 0 Å². The van der Waals surface area contributed by atoms with Gasteiger partial charge in [-0.15, -0.1) is 11.6 Å². The summed E-state index contributed by atoms with van der Waals surface area (Å²) in [5.74, 6) is 1.89. The SMILES string of the molecule is ClCc1nc(OCC2CCOC2)c2ccc(Br)cc2n1. The van der Waals surface area contributed by atoms with E-state index < -0.39 is 0 Å². The lowest BCUT2D eigenvalue weighted by atomic mass is 10.1. The van der Waals surface area contributed by atoms with Crippen molar-refractivity contribution in [3.05, 3.63) is 28.5 Å². The maximum absolute atomic E-state index is 5.88. The van der Waals surface area contributed by atoms with Crippen LogP contribution in [0.1, 0.15) is 12.2 Å². The molecule has 1 fully saturated rings. The van der Waals surface area contributed by atoms with Crippen molar-refractivity contribution < 1.29 is 9.47 Å². The molecule has 1 aromatic carbocycles. The fourth-order valence-corrected chi connectivity index (χ4v) is 2.67. The molecular formula is C14H14BrClN2O2. The highest BCUT2D eigenvalue weighted by atomic mass is 79.9. The molecule has 1 aromatic heterocycles. The van der Waals surface area contributed by atoms with Gasteiger partial charge in [-0.1, -0.05) is 15.9 Å². The Labute approximate surface area is 130 Å². The molecule has 2 aromatic rings. The van der Waals surface area contributed by atoms with Crippen LogP contribution in [0.5, 0.6) is 5.88 Å². The van der Waals surface area contributed by atoms with Crippen molar-refractivity contribution in [2.24, 2.45) is 5.92 Å². The second-order valence-corrected chi connectivity index (χ2v) is 5.96. The van der Waals surface area contributed by atoms with E-state index in [1.54, 1.807) is 0 Å². The van der Waals surface area contributed by atoms with Gasteiger partial charge in [-0.2, -0.15) is 4.98 Å². The predicted molar refractivity (Wildman–Crippen MR) is 81.2 cm³/mol. The Bertz CT molecular complexity index is 617. The largest absolute Gasteiger partial charge is 0.477 e. The van der Waals surface area contributed by atoms with Crippen molar-refractivity contribution in [2.45, 2.75) is 12.3 Å². The molecule has 0 amide bonds. The van der Waals surface area contributed by atoms with Crippen LogP contribution in [0.25, 0.3) is 10.9 Å². The fraction of sp³-hybridized carbons (Fsp3) is 0.429. The Hall–Kier alpha value is -0.910. The van der Waals surface area contributed by atoms with E-state index in [4.69, 9.17) is 21.1 Å². The van der Waals surface area contributed by atoms with Crippen molar-refractivity contribution in [3.8, 4) is 5.88 Å². The fourth-order valence-electron chi connectivity index (χ4n) is 2.20. The van der Waals surface area contributed by atoms with Gasteiger partial charge in [0.1, 0.15) is 5.82 Å². The summed E-state index contributed by atoms with van der Waals surface area (Å²) in [7, 11) is 0. The number of benzene rings is 1. The van der Waals surface area contributed by atoms with E-state index in [-0.39, 0.29) is 5.88 Å². The van der Waals surface area contributed by atoms with Crippen LogP contribution in [0.2, 0.25) is 0 Å². The molecule has 0 aliphatic carbocycles. The maximum atomic E-state index is 5.88. The lowest BCUT2D eigenvalue weighted by Crippen LogP contribution is -2.13. The van der Waals surface area contributed by atoms with Crippen molar-refractivity contribution >= 4 is 38.4 Å². The number of nitrogens with zero attached hydrogens (tertiary/aromatic N) is 2. The van der Waals surface area contributed by atoms with Crippen LogP contribution in [-0.4, -0.2) is 29.8 Å². The van der Waals surface area contributed by atoms with Gasteiger partial charge in [0.25, 0.3) is 0 Å². The van der Waals surface area contributed by atoms with E-state index in [1.807, 2.05) is 18.2 Å². The minimum Gasteiger partial charge on any atom is -0.477 e. The number of hydrogen-bond donors (Lipinski definition) is 0. The lowest BCUT2D eigenvalue weighted by molar-refractivity contribution is 0.166. The maximum Gasteiger partial charge on any atom is 0.224 e. The third-order valence-corrected chi connectivity index (χ3v) is 4.00. The molecule has 1 atom stereocenters. The van der Waals surface area contributed by atoms with Crippen molar-refractivity contribution in [2.75, 3.05) is 19.8 Å². The first-order chi connectivity index (χ1) is 9.76. The average Bonchev–Trinajstić information content (AvgIpc) is 2.97. The number of fused-ring (bicyclic) bond motifs is 1. The molecule has 0 N–H and O–H groups in total. The zero-order valence-electron chi connectivity index (χ0n) is 10.8. The minimum absolute atomic E-state index is 0.269. The van der Waals surface area contributed by atoms with Crippen molar-refractivity contribution in [1.82, 2.24) is 9.97 Å². The van der Waals surface area contributed by atoms with Gasteiger partial charge < -0.3 is 9.47 Å². The van der Waals surface area contributed by atoms with Crippen LogP contribution in [0.3, 0.4) is 0 Å². The van der Waals surface area contributed by atoms with Crippen LogP contribution in [0.15, 0.2) is 22.7 Å². The summed E-state index contributed by atoms with van der Waals surface area (Å²) in [6, 6.07) is 5.86. The Morgan fingerprint density at radius 2 is 2.30 bits per heavy atom. The van der Waals surface area contributed by atoms with Crippen LogP contribution in [0, 0.1) is 5.92 Å². The van der Waals surface area contributed by atoms with Gasteiger partial charge >= 0.3 is 0 Å². The summed E-state index contributed by atoms with van der Waals surface area (Å²) >= 11 is 9.30. The molecule has 20 heavy (non-hydrogen) atoms. The third-order valence-electron chi connectivity index (χ3n) is 3.27. The zero-order chi connectivity index (χ0) is 13.9. The number of aromatic nitrogens is 2. The molecule has 1 saturated heterocycles. The van der Waals surface area contributed by atoms with Crippen molar-refractivity contribution in [1.29, 1.82) is 0 Å². The molecule has 6 heteroatoms. The van der Waals surface area contributed by atoms with Gasteiger partial charge in [0.2, 0.25) is 5.88 Å². The van der Waals surface area contributed by atoms with Crippen LogP contribution in [-0.2, 0) is 10.6 Å². The molecule has 2 heterocycles. The smallest absolute Gasteiger partial charge is 0.224 e. The van der Waals surface area contributed by atoms with Gasteiger partial charge in [0.05, 0.1) is 30.0 Å². The summed E-state index contributed by atoms with van der Waals surface area (Å²) in [4.78, 5) is 8.81. The summed E-state index contributed by atoms with van der Waals surface area (Å²) in [6.45, 7) is 2.19. The summed E-state index contributed by atoms with van der Waals surface area (Å²) < 4.78 is 12.2. The van der Waals surface area contributed by atoms with Gasteiger partial charge in [-0.25, -0.2) is 4.98 Å².